The van der Waals surface area contributed by atoms with Crippen molar-refractivity contribution in [3.63, 3.8) is 0 Å². The molecule has 1 radical (unpaired) electrons. The number of aliphatic hydroxyl groups is 6. The summed E-state index contributed by atoms with van der Waals surface area (Å²) in [5, 5.41) is 71.2. The zero-order valence-corrected chi connectivity index (χ0v) is 14.8. The fourth-order valence-electron chi connectivity index (χ4n) is 0.234. The van der Waals surface area contributed by atoms with Crippen molar-refractivity contribution in [1.29, 1.82) is 0 Å². The Hall–Kier alpha value is -0.635. The quantitative estimate of drug-likeness (QED) is 0.183. The van der Waals surface area contributed by atoms with Crippen molar-refractivity contribution >= 4 is 17.9 Å². The van der Waals surface area contributed by atoms with E-state index in [4.69, 9.17) is 46.0 Å². The molecule has 0 amide bonds. The van der Waals surface area contributed by atoms with Gasteiger partial charge in [-0.05, 0) is 0 Å². The van der Waals surface area contributed by atoms with Gasteiger partial charge in [0.25, 0.3) is 0 Å². The number of rotatable bonds is 6. The van der Waals surface area contributed by atoms with Gasteiger partial charge in [-0.1, -0.05) is 0 Å². The predicted octanol–water partition coefficient (Wildman–Crippen LogP) is -4.73. The van der Waals surface area contributed by atoms with E-state index >= 15 is 0 Å². The smallest absolute Gasteiger partial charge is 0.334 e. The molecule has 12 nitrogen and oxygen atoms in total. The maximum Gasteiger partial charge on any atom is 0.334 e. The van der Waals surface area contributed by atoms with Gasteiger partial charge in [-0.15, -0.1) is 0 Å². The molecule has 0 aliphatic carbocycles. The van der Waals surface area contributed by atoms with Gasteiger partial charge in [-0.2, -0.15) is 0 Å². The maximum atomic E-state index is 9.52. The molecule has 0 saturated heterocycles. The Kier molecular flexibility index (Phi) is 24.6. The maximum absolute atomic E-state index is 9.52. The number of carboxylic acids is 3. The molecular weight excluding hydrogens is 439 g/mol. The molecule has 0 saturated carbocycles. The van der Waals surface area contributed by atoms with Gasteiger partial charge in [0.05, 0.1) is 19.8 Å². The van der Waals surface area contributed by atoms with Crippen LogP contribution in [-0.4, -0.2) is 102 Å². The zero-order valence-electron chi connectivity index (χ0n) is 11.2. The summed E-state index contributed by atoms with van der Waals surface area (Å²) < 4.78 is 0. The molecular formula is C9H18LaO12. The van der Waals surface area contributed by atoms with E-state index < -0.39 is 56.0 Å². The first-order chi connectivity index (χ1) is 9.54. The average Bonchev–Trinajstić information content (AvgIpc) is 2.45. The van der Waals surface area contributed by atoms with Crippen LogP contribution in [0.1, 0.15) is 0 Å². The van der Waals surface area contributed by atoms with Crippen LogP contribution >= 0.6 is 0 Å². The molecule has 0 aliphatic heterocycles. The molecule has 0 aromatic rings. The standard InChI is InChI=1S/3C3H6O4.La/c3*4-1-2(5)3(6)7;/h3*2,4-5H,1H2,(H,6,7);. The third-order valence-electron chi connectivity index (χ3n) is 1.37. The van der Waals surface area contributed by atoms with Gasteiger partial charge in [-0.25, -0.2) is 14.4 Å². The van der Waals surface area contributed by atoms with Crippen molar-refractivity contribution in [3.05, 3.63) is 0 Å². The molecule has 0 bridgehead atoms. The summed E-state index contributed by atoms with van der Waals surface area (Å²) in [4.78, 5) is 28.6. The normalized spacial score (nSPS) is 12.8. The third kappa shape index (κ3) is 21.7. The van der Waals surface area contributed by atoms with Crippen LogP contribution in [0.5, 0.6) is 0 Å². The Balaban J connectivity index is -0.000000108. The summed E-state index contributed by atoms with van der Waals surface area (Å²) in [5.74, 6) is -4.20. The van der Waals surface area contributed by atoms with E-state index in [0.717, 1.165) is 0 Å². The molecule has 9 N–H and O–H groups in total. The van der Waals surface area contributed by atoms with Crippen LogP contribution < -0.4 is 0 Å². The molecule has 3 atom stereocenters. The third-order valence-corrected chi connectivity index (χ3v) is 1.37. The fourth-order valence-corrected chi connectivity index (χ4v) is 0.234. The molecule has 0 fully saturated rings. The number of hydrogen-bond donors (Lipinski definition) is 9. The first kappa shape index (κ1) is 29.4. The molecule has 0 spiro atoms. The van der Waals surface area contributed by atoms with Crippen molar-refractivity contribution in [2.75, 3.05) is 19.8 Å². The number of hydrogen-bond acceptors (Lipinski definition) is 9. The van der Waals surface area contributed by atoms with Crippen molar-refractivity contribution < 1.29 is 95.9 Å². The van der Waals surface area contributed by atoms with Crippen LogP contribution in [0, 0.1) is 35.6 Å². The Morgan fingerprint density at radius 1 is 0.591 bits per heavy atom. The SMILES string of the molecule is O=C(O)C(O)CO.O=C(O)C(O)CO.O=C(O)C(O)CO.[La]. The number of carbonyl (C=O) groups is 3. The molecule has 13 heteroatoms. The van der Waals surface area contributed by atoms with Gasteiger partial charge in [0.1, 0.15) is 0 Å². The second-order valence-electron chi connectivity index (χ2n) is 3.11. The summed E-state index contributed by atoms with van der Waals surface area (Å²) in [5.41, 5.74) is 0. The van der Waals surface area contributed by atoms with E-state index in [1.807, 2.05) is 0 Å². The monoisotopic (exact) mass is 457 g/mol. The molecule has 0 aromatic heterocycles. The summed E-state index contributed by atoms with van der Waals surface area (Å²) in [6, 6.07) is 0. The van der Waals surface area contributed by atoms with Gasteiger partial charge < -0.3 is 46.0 Å². The van der Waals surface area contributed by atoms with Crippen molar-refractivity contribution in [2.24, 2.45) is 0 Å². The first-order valence-corrected chi connectivity index (χ1v) is 5.10. The molecule has 3 unspecified atom stereocenters. The number of aliphatic hydroxyl groups excluding tert-OH is 6. The van der Waals surface area contributed by atoms with Crippen LogP contribution in [-0.2, 0) is 14.4 Å². The molecule has 22 heavy (non-hydrogen) atoms. The van der Waals surface area contributed by atoms with E-state index in [9.17, 15) is 14.4 Å². The Labute approximate surface area is 151 Å². The minimum atomic E-state index is -1.63. The summed E-state index contributed by atoms with van der Waals surface area (Å²) >= 11 is 0. The van der Waals surface area contributed by atoms with Gasteiger partial charge >= 0.3 is 17.9 Å². The van der Waals surface area contributed by atoms with Crippen LogP contribution in [0.3, 0.4) is 0 Å². The van der Waals surface area contributed by atoms with E-state index in [1.165, 1.54) is 0 Å². The minimum Gasteiger partial charge on any atom is -0.479 e. The van der Waals surface area contributed by atoms with Crippen molar-refractivity contribution in [1.82, 2.24) is 0 Å². The second-order valence-corrected chi connectivity index (χ2v) is 3.11. The number of carboxylic acid groups (broad SMARTS) is 3. The topological polar surface area (TPSA) is 233 Å². The second kappa shape index (κ2) is 18.4. The van der Waals surface area contributed by atoms with Crippen molar-refractivity contribution in [3.8, 4) is 0 Å². The van der Waals surface area contributed by atoms with E-state index in [2.05, 4.69) is 0 Å². The summed E-state index contributed by atoms with van der Waals surface area (Å²) in [7, 11) is 0. The molecule has 0 aromatic carbocycles. The van der Waals surface area contributed by atoms with Crippen LogP contribution in [0.15, 0.2) is 0 Å². The summed E-state index contributed by atoms with van der Waals surface area (Å²) in [6.45, 7) is -2.18. The Morgan fingerprint density at radius 2 is 0.727 bits per heavy atom. The van der Waals surface area contributed by atoms with E-state index in [-0.39, 0.29) is 35.6 Å². The molecule has 129 valence electrons. The van der Waals surface area contributed by atoms with Gasteiger partial charge in [0, 0.05) is 35.6 Å². The minimum absolute atomic E-state index is 0. The average molecular weight is 457 g/mol. The molecule has 0 aliphatic rings. The van der Waals surface area contributed by atoms with Crippen LogP contribution in [0.4, 0.5) is 0 Å². The van der Waals surface area contributed by atoms with E-state index in [1.54, 1.807) is 0 Å². The molecule has 0 heterocycles. The van der Waals surface area contributed by atoms with Crippen LogP contribution in [0.25, 0.3) is 0 Å². The molecule has 0 rings (SSSR count). The zero-order chi connectivity index (χ0) is 17.6. The van der Waals surface area contributed by atoms with E-state index in [0.29, 0.717) is 0 Å². The van der Waals surface area contributed by atoms with Gasteiger partial charge in [0.15, 0.2) is 18.3 Å². The first-order valence-electron chi connectivity index (χ1n) is 5.10. The van der Waals surface area contributed by atoms with Gasteiger partial charge in [-0.3, -0.25) is 0 Å². The Bertz CT molecular complexity index is 261. The van der Waals surface area contributed by atoms with Crippen LogP contribution in [0.2, 0.25) is 0 Å². The Morgan fingerprint density at radius 3 is 0.727 bits per heavy atom. The van der Waals surface area contributed by atoms with Crippen molar-refractivity contribution in [2.45, 2.75) is 18.3 Å². The van der Waals surface area contributed by atoms with Gasteiger partial charge in [0.2, 0.25) is 0 Å². The number of aliphatic carboxylic acids is 3. The fraction of sp³-hybridized carbons (Fsp3) is 0.667. The predicted molar refractivity (Wildman–Crippen MR) is 62.2 cm³/mol. The summed E-state index contributed by atoms with van der Waals surface area (Å²) in [6.07, 6.45) is -4.88. The largest absolute Gasteiger partial charge is 0.479 e.